The minimum Gasteiger partial charge on any atom is -0.369 e. The molecule has 2 atom stereocenters. The number of aryl methyl sites for hydroxylation is 2. The van der Waals surface area contributed by atoms with Gasteiger partial charge in [0.05, 0.1) is 17.9 Å². The summed E-state index contributed by atoms with van der Waals surface area (Å²) in [6.07, 6.45) is 0.604. The molecule has 0 saturated heterocycles. The van der Waals surface area contributed by atoms with Crippen LogP contribution in [0.1, 0.15) is 53.0 Å². The first-order valence-corrected chi connectivity index (χ1v) is 8.05. The molecule has 3 heterocycles. The van der Waals surface area contributed by atoms with Crippen molar-refractivity contribution in [3.8, 4) is 0 Å². The van der Waals surface area contributed by atoms with E-state index < -0.39 is 0 Å². The van der Waals surface area contributed by atoms with Crippen LogP contribution in [0.5, 0.6) is 0 Å². The molecule has 3 rings (SSSR count). The van der Waals surface area contributed by atoms with E-state index in [0.717, 1.165) is 17.0 Å². The zero-order chi connectivity index (χ0) is 17.4. The second-order valence-corrected chi connectivity index (χ2v) is 6.31. The topological polar surface area (TPSA) is 89.0 Å². The minimum atomic E-state index is -0.270. The number of ether oxygens (including phenoxy) is 1. The smallest absolute Gasteiger partial charge is 0.272 e. The van der Waals surface area contributed by atoms with Crippen LogP contribution in [0, 0.1) is 6.92 Å². The lowest BCUT2D eigenvalue weighted by molar-refractivity contribution is -0.00903. The Balaban J connectivity index is 1.81. The van der Waals surface area contributed by atoms with Gasteiger partial charge in [0.1, 0.15) is 0 Å². The summed E-state index contributed by atoms with van der Waals surface area (Å²) >= 11 is 0. The summed E-state index contributed by atoms with van der Waals surface area (Å²) in [5.74, 6) is -0.270. The summed E-state index contributed by atoms with van der Waals surface area (Å²) in [5.41, 5.74) is 3.40. The number of hydrogen-bond donors (Lipinski definition) is 2. The third kappa shape index (κ3) is 2.99. The molecule has 0 unspecified atom stereocenters. The fourth-order valence-electron chi connectivity index (χ4n) is 3.22. The van der Waals surface area contributed by atoms with E-state index in [1.807, 2.05) is 33.9 Å². The number of nitrogens with zero attached hydrogens (tertiary/aromatic N) is 2. The summed E-state index contributed by atoms with van der Waals surface area (Å²) < 4.78 is 7.51. The summed E-state index contributed by atoms with van der Waals surface area (Å²) in [5, 5.41) is 7.16. The summed E-state index contributed by atoms with van der Waals surface area (Å²) in [6.45, 7) is 5.93. The molecule has 0 spiro atoms. The summed E-state index contributed by atoms with van der Waals surface area (Å²) in [4.78, 5) is 27.1. The molecular formula is C17H22N4O3. The Hall–Kier alpha value is -2.41. The van der Waals surface area contributed by atoms with Gasteiger partial charge in [-0.15, -0.1) is 0 Å². The predicted molar refractivity (Wildman–Crippen MR) is 88.8 cm³/mol. The number of hydrogen-bond acceptors (Lipinski definition) is 4. The fourth-order valence-corrected chi connectivity index (χ4v) is 3.22. The maximum atomic E-state index is 12.6. The lowest BCUT2D eigenvalue weighted by atomic mass is 9.99. The monoisotopic (exact) mass is 330 g/mol. The van der Waals surface area contributed by atoms with Crippen molar-refractivity contribution in [1.82, 2.24) is 20.1 Å². The van der Waals surface area contributed by atoms with Crippen LogP contribution in [0.4, 0.5) is 0 Å². The van der Waals surface area contributed by atoms with Gasteiger partial charge in [0.25, 0.3) is 11.5 Å². The molecule has 0 saturated carbocycles. The van der Waals surface area contributed by atoms with Crippen molar-refractivity contribution in [2.24, 2.45) is 7.05 Å². The van der Waals surface area contributed by atoms with Gasteiger partial charge >= 0.3 is 0 Å². The lowest BCUT2D eigenvalue weighted by Crippen LogP contribution is -2.29. The highest BCUT2D eigenvalue weighted by atomic mass is 16.5. The summed E-state index contributed by atoms with van der Waals surface area (Å²) in [6, 6.07) is 3.53. The second kappa shape index (κ2) is 6.24. The molecule has 0 aromatic carbocycles. The molecule has 1 aliphatic rings. The minimum absolute atomic E-state index is 0.0446. The second-order valence-electron chi connectivity index (χ2n) is 6.31. The van der Waals surface area contributed by atoms with Crippen molar-refractivity contribution < 1.29 is 9.53 Å². The molecule has 24 heavy (non-hydrogen) atoms. The molecule has 2 aromatic heterocycles. The quantitative estimate of drug-likeness (QED) is 0.889. The molecule has 7 nitrogen and oxygen atoms in total. The molecule has 0 bridgehead atoms. The number of fused-ring (bicyclic) bond motifs is 1. The molecule has 0 aliphatic carbocycles. The average Bonchev–Trinajstić information content (AvgIpc) is 2.83. The predicted octanol–water partition coefficient (Wildman–Crippen LogP) is 1.37. The van der Waals surface area contributed by atoms with Crippen molar-refractivity contribution in [3.05, 3.63) is 50.7 Å². The van der Waals surface area contributed by atoms with Gasteiger partial charge in [0.2, 0.25) is 0 Å². The van der Waals surface area contributed by atoms with E-state index in [9.17, 15) is 9.59 Å². The summed E-state index contributed by atoms with van der Waals surface area (Å²) in [7, 11) is 1.82. The van der Waals surface area contributed by atoms with Crippen molar-refractivity contribution in [2.75, 3.05) is 0 Å². The van der Waals surface area contributed by atoms with Crippen LogP contribution in [-0.4, -0.2) is 26.8 Å². The largest absolute Gasteiger partial charge is 0.369 e. The number of pyridine rings is 1. The molecule has 2 aromatic rings. The third-order valence-electron chi connectivity index (χ3n) is 4.30. The van der Waals surface area contributed by atoms with Crippen LogP contribution in [0.2, 0.25) is 0 Å². The van der Waals surface area contributed by atoms with E-state index in [1.165, 1.54) is 0 Å². The van der Waals surface area contributed by atoms with Crippen molar-refractivity contribution >= 4 is 5.91 Å². The Morgan fingerprint density at radius 3 is 2.92 bits per heavy atom. The molecule has 1 aliphatic heterocycles. The lowest BCUT2D eigenvalue weighted by Gasteiger charge is -2.26. The number of H-pyrrole nitrogens is 1. The first-order chi connectivity index (χ1) is 11.4. The van der Waals surface area contributed by atoms with E-state index in [0.29, 0.717) is 17.7 Å². The molecule has 128 valence electrons. The number of aromatic nitrogens is 3. The van der Waals surface area contributed by atoms with Crippen LogP contribution in [0.3, 0.4) is 0 Å². The van der Waals surface area contributed by atoms with Crippen LogP contribution in [0.25, 0.3) is 0 Å². The van der Waals surface area contributed by atoms with Crippen LogP contribution in [-0.2, 0) is 24.8 Å². The van der Waals surface area contributed by atoms with E-state index in [2.05, 4.69) is 15.4 Å². The highest BCUT2D eigenvalue weighted by Crippen LogP contribution is 2.31. The first-order valence-electron chi connectivity index (χ1n) is 8.05. The number of carbonyl (C=O) groups is 1. The maximum absolute atomic E-state index is 12.6. The SMILES string of the molecule is Cc1ccc(CNC(=O)c2nn(C)c3c2C[C@@H](C)O[C@H]3C)c(=O)[nH]1. The molecule has 0 radical (unpaired) electrons. The van der Waals surface area contributed by atoms with Crippen LogP contribution >= 0.6 is 0 Å². The maximum Gasteiger partial charge on any atom is 0.272 e. The Morgan fingerprint density at radius 2 is 2.21 bits per heavy atom. The van der Waals surface area contributed by atoms with Gasteiger partial charge in [-0.2, -0.15) is 5.10 Å². The normalized spacial score (nSPS) is 19.8. The Bertz CT molecular complexity index is 837. The van der Waals surface area contributed by atoms with Gasteiger partial charge in [0.15, 0.2) is 5.69 Å². The molecule has 7 heteroatoms. The zero-order valence-corrected chi connectivity index (χ0v) is 14.3. The standard InChI is InChI=1S/C17H22N4O3/c1-9-5-6-12(16(22)19-9)8-18-17(23)14-13-7-10(2)24-11(3)15(13)21(4)20-14/h5-6,10-11H,7-8H2,1-4H3,(H,18,23)(H,19,22)/t10-,11+/m1/s1. The van der Waals surface area contributed by atoms with Gasteiger partial charge in [-0.25, -0.2) is 0 Å². The number of aromatic amines is 1. The Labute approximate surface area is 140 Å². The highest BCUT2D eigenvalue weighted by molar-refractivity contribution is 5.94. The van der Waals surface area contributed by atoms with Gasteiger partial charge in [0, 0.05) is 36.8 Å². The molecule has 0 fully saturated rings. The average molecular weight is 330 g/mol. The molecule has 1 amide bonds. The highest BCUT2D eigenvalue weighted by Gasteiger charge is 2.31. The number of nitrogens with one attached hydrogen (secondary N) is 2. The van der Waals surface area contributed by atoms with Gasteiger partial charge in [-0.05, 0) is 26.8 Å². The van der Waals surface area contributed by atoms with E-state index >= 15 is 0 Å². The van der Waals surface area contributed by atoms with Crippen molar-refractivity contribution in [3.63, 3.8) is 0 Å². The number of carbonyl (C=O) groups excluding carboxylic acids is 1. The van der Waals surface area contributed by atoms with E-state index in [4.69, 9.17) is 4.74 Å². The Morgan fingerprint density at radius 1 is 1.46 bits per heavy atom. The van der Waals surface area contributed by atoms with Gasteiger partial charge < -0.3 is 15.0 Å². The van der Waals surface area contributed by atoms with Crippen LogP contribution in [0.15, 0.2) is 16.9 Å². The Kier molecular flexibility index (Phi) is 4.28. The number of amides is 1. The zero-order valence-electron chi connectivity index (χ0n) is 14.3. The fraction of sp³-hybridized carbons (Fsp3) is 0.471. The molecule has 2 N–H and O–H groups in total. The van der Waals surface area contributed by atoms with Crippen molar-refractivity contribution in [1.29, 1.82) is 0 Å². The van der Waals surface area contributed by atoms with E-state index in [-0.39, 0.29) is 30.2 Å². The third-order valence-corrected chi connectivity index (χ3v) is 4.30. The molecular weight excluding hydrogens is 308 g/mol. The van der Waals surface area contributed by atoms with Gasteiger partial charge in [-0.3, -0.25) is 14.3 Å². The van der Waals surface area contributed by atoms with Crippen molar-refractivity contribution in [2.45, 2.75) is 45.9 Å². The van der Waals surface area contributed by atoms with Crippen LogP contribution < -0.4 is 10.9 Å². The first kappa shape index (κ1) is 16.4. The van der Waals surface area contributed by atoms with Gasteiger partial charge in [-0.1, -0.05) is 6.07 Å². The number of rotatable bonds is 3. The van der Waals surface area contributed by atoms with E-state index in [1.54, 1.807) is 10.7 Å².